The first-order chi connectivity index (χ1) is 9.92. The minimum atomic E-state index is -0.753. The van der Waals surface area contributed by atoms with Gasteiger partial charge in [-0.1, -0.05) is 12.8 Å². The molecule has 6 nitrogen and oxygen atoms in total. The first-order valence-electron chi connectivity index (χ1n) is 7.09. The molecule has 0 saturated heterocycles. The monoisotopic (exact) mass is 313 g/mol. The molecule has 0 aliphatic carbocycles. The summed E-state index contributed by atoms with van der Waals surface area (Å²) in [6, 6.07) is -0.208. The molecule has 0 fully saturated rings. The van der Waals surface area contributed by atoms with Crippen LogP contribution in [0.2, 0.25) is 0 Å². The second kappa shape index (κ2) is 8.61. The van der Waals surface area contributed by atoms with E-state index in [-0.39, 0.29) is 12.5 Å². The number of carboxylic acids is 1. The predicted molar refractivity (Wildman–Crippen MR) is 82.4 cm³/mol. The second-order valence-electron chi connectivity index (χ2n) is 5.40. The zero-order valence-electron chi connectivity index (χ0n) is 12.5. The van der Waals surface area contributed by atoms with Crippen LogP contribution in [-0.2, 0) is 10.3 Å². The van der Waals surface area contributed by atoms with Gasteiger partial charge in [-0.05, 0) is 26.7 Å². The van der Waals surface area contributed by atoms with Gasteiger partial charge in [0, 0.05) is 24.5 Å². The molecule has 1 rings (SSSR count). The van der Waals surface area contributed by atoms with Crippen LogP contribution < -0.4 is 10.6 Å². The molecule has 0 aliphatic rings. The molecule has 1 aromatic rings. The highest BCUT2D eigenvalue weighted by Crippen LogP contribution is 2.21. The average molecular weight is 313 g/mol. The Morgan fingerprint density at radius 2 is 2.00 bits per heavy atom. The number of nitrogens with zero attached hydrogens (tertiary/aromatic N) is 1. The lowest BCUT2D eigenvalue weighted by atomic mass is 10.1. The van der Waals surface area contributed by atoms with Crippen molar-refractivity contribution in [3.8, 4) is 0 Å². The SMILES string of the molecule is CC(C)(NC(=O)NCCCCCCC(=O)O)c1nccs1. The number of carbonyl (C=O) groups is 2. The summed E-state index contributed by atoms with van der Waals surface area (Å²) in [6.07, 6.45) is 5.28. The molecule has 1 heterocycles. The van der Waals surface area contributed by atoms with E-state index < -0.39 is 11.5 Å². The summed E-state index contributed by atoms with van der Waals surface area (Å²) < 4.78 is 0. The summed E-state index contributed by atoms with van der Waals surface area (Å²) in [4.78, 5) is 26.4. The Morgan fingerprint density at radius 3 is 2.62 bits per heavy atom. The van der Waals surface area contributed by atoms with Crippen LogP contribution >= 0.6 is 11.3 Å². The van der Waals surface area contributed by atoms with E-state index in [9.17, 15) is 9.59 Å². The van der Waals surface area contributed by atoms with Gasteiger partial charge in [-0.25, -0.2) is 9.78 Å². The Bertz CT molecular complexity index is 446. The normalized spacial score (nSPS) is 11.1. The van der Waals surface area contributed by atoms with E-state index in [2.05, 4.69) is 15.6 Å². The van der Waals surface area contributed by atoms with Crippen molar-refractivity contribution < 1.29 is 14.7 Å². The number of aromatic nitrogens is 1. The number of hydrogen-bond acceptors (Lipinski definition) is 4. The molecule has 0 aliphatic heterocycles. The lowest BCUT2D eigenvalue weighted by Crippen LogP contribution is -2.46. The maximum atomic E-state index is 11.8. The Kier molecular flexibility index (Phi) is 7.14. The summed E-state index contributed by atoms with van der Waals surface area (Å²) in [6.45, 7) is 4.42. The van der Waals surface area contributed by atoms with Gasteiger partial charge in [0.1, 0.15) is 5.01 Å². The fourth-order valence-corrected chi connectivity index (χ4v) is 2.59. The molecule has 1 aromatic heterocycles. The molecule has 0 unspecified atom stereocenters. The topological polar surface area (TPSA) is 91.3 Å². The highest BCUT2D eigenvalue weighted by Gasteiger charge is 2.25. The van der Waals surface area contributed by atoms with Crippen molar-refractivity contribution in [2.24, 2.45) is 0 Å². The van der Waals surface area contributed by atoms with Gasteiger partial charge in [-0.2, -0.15) is 0 Å². The number of thiazole rings is 1. The fraction of sp³-hybridized carbons (Fsp3) is 0.643. The first-order valence-corrected chi connectivity index (χ1v) is 7.97. The van der Waals surface area contributed by atoms with Crippen LogP contribution in [0.5, 0.6) is 0 Å². The van der Waals surface area contributed by atoms with Gasteiger partial charge in [0.15, 0.2) is 0 Å². The molecule has 0 aromatic carbocycles. The van der Waals surface area contributed by atoms with E-state index in [1.807, 2.05) is 19.2 Å². The summed E-state index contributed by atoms with van der Waals surface area (Å²) >= 11 is 1.51. The quantitative estimate of drug-likeness (QED) is 0.611. The van der Waals surface area contributed by atoms with Crippen molar-refractivity contribution in [3.05, 3.63) is 16.6 Å². The molecular formula is C14H23N3O3S. The number of unbranched alkanes of at least 4 members (excludes halogenated alkanes) is 3. The molecule has 0 spiro atoms. The molecule has 2 amide bonds. The van der Waals surface area contributed by atoms with Gasteiger partial charge in [-0.15, -0.1) is 11.3 Å². The number of aliphatic carboxylic acids is 1. The summed E-state index contributed by atoms with van der Waals surface area (Å²) in [5, 5.41) is 17.0. The number of nitrogens with one attached hydrogen (secondary N) is 2. The van der Waals surface area contributed by atoms with Crippen molar-refractivity contribution in [1.82, 2.24) is 15.6 Å². The van der Waals surface area contributed by atoms with Crippen molar-refractivity contribution >= 4 is 23.3 Å². The largest absolute Gasteiger partial charge is 0.481 e. The zero-order valence-corrected chi connectivity index (χ0v) is 13.3. The maximum Gasteiger partial charge on any atom is 0.315 e. The lowest BCUT2D eigenvalue weighted by molar-refractivity contribution is -0.137. The van der Waals surface area contributed by atoms with Gasteiger partial charge in [0.25, 0.3) is 0 Å². The van der Waals surface area contributed by atoms with Gasteiger partial charge in [0.2, 0.25) is 0 Å². The minimum Gasteiger partial charge on any atom is -0.481 e. The van der Waals surface area contributed by atoms with Crippen molar-refractivity contribution in [1.29, 1.82) is 0 Å². The standard InChI is InChI=1S/C14H23N3O3S/c1-14(2,12-15-9-10-21-12)17-13(20)16-8-6-4-3-5-7-11(18)19/h9-10H,3-8H2,1-2H3,(H,18,19)(H2,16,17,20). The Balaban J connectivity index is 2.13. The van der Waals surface area contributed by atoms with Crippen LogP contribution in [0, 0.1) is 0 Å². The average Bonchev–Trinajstić information content (AvgIpc) is 2.91. The van der Waals surface area contributed by atoms with E-state index >= 15 is 0 Å². The summed E-state index contributed by atoms with van der Waals surface area (Å²) in [7, 11) is 0. The van der Waals surface area contributed by atoms with Crippen LogP contribution in [0.15, 0.2) is 11.6 Å². The van der Waals surface area contributed by atoms with Gasteiger partial charge in [0.05, 0.1) is 5.54 Å². The molecule has 7 heteroatoms. The third kappa shape index (κ3) is 7.08. The molecule has 0 saturated carbocycles. The van der Waals surface area contributed by atoms with E-state index in [1.165, 1.54) is 11.3 Å². The van der Waals surface area contributed by atoms with Crippen LogP contribution in [0.25, 0.3) is 0 Å². The third-order valence-electron chi connectivity index (χ3n) is 3.00. The van der Waals surface area contributed by atoms with Gasteiger partial charge in [-0.3, -0.25) is 4.79 Å². The van der Waals surface area contributed by atoms with Crippen LogP contribution in [0.1, 0.15) is 51.0 Å². The summed E-state index contributed by atoms with van der Waals surface area (Å²) in [5.74, 6) is -0.753. The zero-order chi connectivity index (χ0) is 15.7. The molecule has 3 N–H and O–H groups in total. The van der Waals surface area contributed by atoms with Gasteiger partial charge < -0.3 is 15.7 Å². The molecule has 0 radical (unpaired) electrons. The highest BCUT2D eigenvalue weighted by molar-refractivity contribution is 7.09. The minimum absolute atomic E-state index is 0.208. The molecule has 118 valence electrons. The third-order valence-corrected chi connectivity index (χ3v) is 4.09. The molecule has 21 heavy (non-hydrogen) atoms. The number of urea groups is 1. The van der Waals surface area contributed by atoms with E-state index in [0.29, 0.717) is 13.0 Å². The van der Waals surface area contributed by atoms with Gasteiger partial charge >= 0.3 is 12.0 Å². The second-order valence-corrected chi connectivity index (χ2v) is 6.30. The lowest BCUT2D eigenvalue weighted by Gasteiger charge is -2.23. The number of carboxylic acid groups (broad SMARTS) is 1. The van der Waals surface area contributed by atoms with Crippen molar-refractivity contribution in [2.45, 2.75) is 51.5 Å². The van der Waals surface area contributed by atoms with Crippen LogP contribution in [0.4, 0.5) is 4.79 Å². The Morgan fingerprint density at radius 1 is 1.29 bits per heavy atom. The first kappa shape index (κ1) is 17.4. The molecular weight excluding hydrogens is 290 g/mol. The van der Waals surface area contributed by atoms with Crippen LogP contribution in [0.3, 0.4) is 0 Å². The fourth-order valence-electron chi connectivity index (χ4n) is 1.87. The summed E-state index contributed by atoms with van der Waals surface area (Å²) in [5.41, 5.74) is -0.486. The predicted octanol–water partition coefficient (Wildman–Crippen LogP) is 2.71. The van der Waals surface area contributed by atoms with E-state index in [0.717, 1.165) is 24.3 Å². The van der Waals surface area contributed by atoms with E-state index in [4.69, 9.17) is 5.11 Å². The molecule has 0 atom stereocenters. The number of carbonyl (C=O) groups excluding carboxylic acids is 1. The molecule has 0 bridgehead atoms. The smallest absolute Gasteiger partial charge is 0.315 e. The van der Waals surface area contributed by atoms with Crippen LogP contribution in [-0.4, -0.2) is 28.6 Å². The van der Waals surface area contributed by atoms with Crippen molar-refractivity contribution in [2.75, 3.05) is 6.54 Å². The number of amides is 2. The number of hydrogen-bond donors (Lipinski definition) is 3. The highest BCUT2D eigenvalue weighted by atomic mass is 32.1. The Labute approximate surface area is 129 Å². The number of rotatable bonds is 9. The van der Waals surface area contributed by atoms with E-state index in [1.54, 1.807) is 6.20 Å². The maximum absolute atomic E-state index is 11.8. The Hall–Kier alpha value is -1.63. The van der Waals surface area contributed by atoms with Crippen molar-refractivity contribution in [3.63, 3.8) is 0 Å².